The van der Waals surface area contributed by atoms with Crippen LogP contribution in [0.25, 0.3) is 0 Å². The number of aliphatic hydroxyl groups excluding tert-OH is 3. The maximum absolute atomic E-state index is 10.8. The summed E-state index contributed by atoms with van der Waals surface area (Å²) in [4.78, 5) is 0. The van der Waals surface area contributed by atoms with Crippen molar-refractivity contribution in [2.45, 2.75) is 43.4 Å². The van der Waals surface area contributed by atoms with Crippen molar-refractivity contribution in [3.63, 3.8) is 0 Å². The maximum atomic E-state index is 10.8. The predicted octanol–water partition coefficient (Wildman–Crippen LogP) is 4.17. The second kappa shape index (κ2) is 9.59. The molecule has 7 nitrogen and oxygen atoms in total. The molecule has 3 aromatic carbocycles. The van der Waals surface area contributed by atoms with E-state index in [0.717, 1.165) is 16.7 Å². The molecule has 3 aromatic rings. The van der Waals surface area contributed by atoms with Gasteiger partial charge in [-0.3, -0.25) is 0 Å². The second-order valence-corrected chi connectivity index (χ2v) is 9.90. The molecule has 4 N–H and O–H groups in total. The van der Waals surface area contributed by atoms with Gasteiger partial charge < -0.3 is 34.9 Å². The highest BCUT2D eigenvalue weighted by atomic mass is 35.5. The third-order valence-corrected chi connectivity index (χ3v) is 7.20. The minimum Gasteiger partial charge on any atom is -0.457 e. The first-order chi connectivity index (χ1) is 17.2. The van der Waals surface area contributed by atoms with Crippen LogP contribution >= 0.6 is 11.6 Å². The van der Waals surface area contributed by atoms with Crippen molar-refractivity contribution in [3.05, 3.63) is 94.0 Å². The fraction of sp³-hybridized carbons (Fsp3) is 0.321. The van der Waals surface area contributed by atoms with Crippen LogP contribution < -0.4 is 4.74 Å². The Labute approximate surface area is 214 Å². The van der Waals surface area contributed by atoms with E-state index in [4.69, 9.17) is 31.2 Å². The number of ether oxygens (including phenoxy) is 3. The lowest BCUT2D eigenvalue weighted by atomic mass is 9.86. The third kappa shape index (κ3) is 4.54. The van der Waals surface area contributed by atoms with Crippen LogP contribution in [0.5, 0.6) is 11.5 Å². The molecule has 4 atom stereocenters. The highest BCUT2D eigenvalue weighted by Crippen LogP contribution is 2.49. The highest BCUT2D eigenvalue weighted by molar-refractivity contribution is 6.31. The first-order valence-electron chi connectivity index (χ1n) is 11.8. The molecule has 2 aliphatic heterocycles. The summed E-state index contributed by atoms with van der Waals surface area (Å²) in [6.45, 7) is 1.49. The van der Waals surface area contributed by atoms with E-state index in [1.807, 2.05) is 54.6 Å². The Kier molecular flexibility index (Phi) is 6.63. The van der Waals surface area contributed by atoms with Gasteiger partial charge in [0.25, 0.3) is 0 Å². The average Bonchev–Trinajstić information content (AvgIpc) is 3.22. The molecule has 2 aliphatic rings. The maximum Gasteiger partial charge on any atom is 0.225 e. The summed E-state index contributed by atoms with van der Waals surface area (Å²) in [7, 11) is 0. The fourth-order valence-corrected chi connectivity index (χ4v) is 4.98. The van der Waals surface area contributed by atoms with Crippen molar-refractivity contribution in [3.8, 4) is 11.5 Å². The number of rotatable bonds is 7. The molecule has 0 saturated carbocycles. The van der Waals surface area contributed by atoms with E-state index in [0.29, 0.717) is 34.2 Å². The van der Waals surface area contributed by atoms with Gasteiger partial charge in [0.1, 0.15) is 23.2 Å². The summed E-state index contributed by atoms with van der Waals surface area (Å²) in [5.41, 5.74) is 2.63. The SMILES string of the molecule is CC(=N)c1ccc(Oc2ccc(Cc3cc(C45OCC(CO)(CC(O)C4O)O5)ccc3Cl)cc2)cc1. The van der Waals surface area contributed by atoms with Gasteiger partial charge >= 0.3 is 0 Å². The van der Waals surface area contributed by atoms with Crippen LogP contribution in [0, 0.1) is 5.41 Å². The van der Waals surface area contributed by atoms with Crippen molar-refractivity contribution in [1.29, 1.82) is 5.41 Å². The number of benzene rings is 3. The largest absolute Gasteiger partial charge is 0.457 e. The zero-order valence-electron chi connectivity index (χ0n) is 19.8. The molecule has 2 saturated heterocycles. The summed E-state index contributed by atoms with van der Waals surface area (Å²) in [5, 5.41) is 39.3. The number of hydrogen-bond acceptors (Lipinski definition) is 7. The summed E-state index contributed by atoms with van der Waals surface area (Å²) < 4.78 is 17.9. The van der Waals surface area contributed by atoms with E-state index in [9.17, 15) is 15.3 Å². The molecule has 0 radical (unpaired) electrons. The molecular formula is C28H28ClNO6. The number of hydrogen-bond donors (Lipinski definition) is 4. The highest BCUT2D eigenvalue weighted by Gasteiger charge is 2.62. The van der Waals surface area contributed by atoms with Gasteiger partial charge in [-0.05, 0) is 78.6 Å². The van der Waals surface area contributed by atoms with Gasteiger partial charge in [-0.25, -0.2) is 0 Å². The van der Waals surface area contributed by atoms with Crippen LogP contribution in [0.3, 0.4) is 0 Å². The van der Waals surface area contributed by atoms with Crippen LogP contribution in [0.1, 0.15) is 35.6 Å². The summed E-state index contributed by atoms with van der Waals surface area (Å²) in [6, 6.07) is 20.3. The van der Waals surface area contributed by atoms with Gasteiger partial charge in [-0.1, -0.05) is 29.8 Å². The van der Waals surface area contributed by atoms with E-state index in [1.54, 1.807) is 19.1 Å². The number of aliphatic hydroxyl groups is 3. The monoisotopic (exact) mass is 509 g/mol. The predicted molar refractivity (Wildman–Crippen MR) is 135 cm³/mol. The van der Waals surface area contributed by atoms with Crippen molar-refractivity contribution >= 4 is 17.3 Å². The van der Waals surface area contributed by atoms with Crippen LogP contribution in [0.15, 0.2) is 66.7 Å². The number of halogens is 1. The lowest BCUT2D eigenvalue weighted by Gasteiger charge is -2.43. The Balaban J connectivity index is 1.34. The molecule has 8 heteroatoms. The van der Waals surface area contributed by atoms with E-state index < -0.39 is 23.6 Å². The number of fused-ring (bicyclic) bond motifs is 2. The van der Waals surface area contributed by atoms with Crippen molar-refractivity contribution in [2.24, 2.45) is 0 Å². The molecule has 2 fully saturated rings. The van der Waals surface area contributed by atoms with Gasteiger partial charge in [0.2, 0.25) is 5.79 Å². The minimum absolute atomic E-state index is 0.0702. The first kappa shape index (κ1) is 24.9. The normalized spacial score (nSPS) is 27.1. The van der Waals surface area contributed by atoms with E-state index >= 15 is 0 Å². The van der Waals surface area contributed by atoms with Crippen LogP contribution in [-0.4, -0.2) is 52.1 Å². The molecule has 0 spiro atoms. The van der Waals surface area contributed by atoms with Crippen LogP contribution in [0.4, 0.5) is 0 Å². The van der Waals surface area contributed by atoms with Gasteiger partial charge in [-0.15, -0.1) is 0 Å². The zero-order chi connectivity index (χ0) is 25.5. The summed E-state index contributed by atoms with van der Waals surface area (Å²) in [5.74, 6) is -0.195. The fourth-order valence-electron chi connectivity index (χ4n) is 4.80. The summed E-state index contributed by atoms with van der Waals surface area (Å²) >= 11 is 6.50. The quantitative estimate of drug-likeness (QED) is 0.356. The Morgan fingerprint density at radius 2 is 1.72 bits per heavy atom. The lowest BCUT2D eigenvalue weighted by molar-refractivity contribution is -0.302. The summed E-state index contributed by atoms with van der Waals surface area (Å²) in [6.07, 6.45) is -1.79. The average molecular weight is 510 g/mol. The van der Waals surface area contributed by atoms with Crippen LogP contribution in [0.2, 0.25) is 5.02 Å². The molecule has 4 unspecified atom stereocenters. The molecule has 188 valence electrons. The van der Waals surface area contributed by atoms with Gasteiger partial charge in [0.05, 0.1) is 19.3 Å². The smallest absolute Gasteiger partial charge is 0.225 e. The molecule has 0 aliphatic carbocycles. The molecule has 2 bridgehead atoms. The van der Waals surface area contributed by atoms with E-state index in [2.05, 4.69) is 0 Å². The first-order valence-corrected chi connectivity index (χ1v) is 12.1. The van der Waals surface area contributed by atoms with Crippen molar-refractivity contribution in [1.82, 2.24) is 0 Å². The molecule has 0 aromatic heterocycles. The Morgan fingerprint density at radius 1 is 1.06 bits per heavy atom. The number of nitrogens with one attached hydrogen (secondary N) is 1. The Morgan fingerprint density at radius 3 is 2.36 bits per heavy atom. The molecule has 2 heterocycles. The van der Waals surface area contributed by atoms with Gasteiger partial charge in [-0.2, -0.15) is 0 Å². The van der Waals surface area contributed by atoms with Crippen molar-refractivity contribution < 1.29 is 29.5 Å². The van der Waals surface area contributed by atoms with E-state index in [-0.39, 0.29) is 19.6 Å². The standard InChI is InChI=1S/C28H28ClNO6/c1-17(30)19-4-9-23(10-5-19)35-22-7-2-18(3-8-22)12-20-13-21(6-11-24(20)29)28-26(33)25(32)14-27(15-31,36-28)16-34-28/h2-11,13,25-26,30-33H,12,14-16H2,1H3. The van der Waals surface area contributed by atoms with Gasteiger partial charge in [0.15, 0.2) is 0 Å². The molecule has 5 rings (SSSR count). The van der Waals surface area contributed by atoms with E-state index in [1.165, 1.54) is 0 Å². The Bertz CT molecular complexity index is 1260. The third-order valence-electron chi connectivity index (χ3n) is 6.83. The Hall–Kier alpha value is -2.78. The molecule has 36 heavy (non-hydrogen) atoms. The van der Waals surface area contributed by atoms with Crippen LogP contribution in [-0.2, 0) is 21.7 Å². The van der Waals surface area contributed by atoms with Gasteiger partial charge in [0, 0.05) is 22.7 Å². The molecule has 0 amide bonds. The minimum atomic E-state index is -1.57. The topological polar surface area (TPSA) is 112 Å². The molecular weight excluding hydrogens is 482 g/mol. The van der Waals surface area contributed by atoms with Crippen molar-refractivity contribution in [2.75, 3.05) is 13.2 Å². The second-order valence-electron chi connectivity index (χ2n) is 9.49. The zero-order valence-corrected chi connectivity index (χ0v) is 20.5. The lowest BCUT2D eigenvalue weighted by Crippen LogP contribution is -2.57.